The van der Waals surface area contributed by atoms with Crippen molar-refractivity contribution >= 4 is 0 Å². The Balaban J connectivity index is 4.19. The maximum Gasteiger partial charge on any atom is 0.395 e. The Kier molecular flexibility index (Phi) is 5.59. The second-order valence-corrected chi connectivity index (χ2v) is 4.12. The zero-order chi connectivity index (χ0) is 12.2. The van der Waals surface area contributed by atoms with Crippen molar-refractivity contribution in [2.75, 3.05) is 0 Å². The number of aliphatic hydroxyl groups is 1. The van der Waals surface area contributed by atoms with Crippen LogP contribution in [0, 0.1) is 11.8 Å². The summed E-state index contributed by atoms with van der Waals surface area (Å²) in [6, 6.07) is -0.130. The Hall–Kier alpha value is -0.290. The number of nitrogens with one attached hydrogen (secondary N) is 1. The highest BCUT2D eigenvalue weighted by atomic mass is 19.4. The van der Waals surface area contributed by atoms with Crippen LogP contribution in [0.2, 0.25) is 0 Å². The summed E-state index contributed by atoms with van der Waals surface area (Å²) in [6.45, 7) is 6.65. The van der Waals surface area contributed by atoms with E-state index in [0.717, 1.165) is 13.3 Å². The molecule has 0 aliphatic carbocycles. The largest absolute Gasteiger partial charge is 0.395 e. The topological polar surface area (TPSA) is 32.3 Å². The summed E-state index contributed by atoms with van der Waals surface area (Å²) < 4.78 is 36.7. The minimum atomic E-state index is -4.36. The van der Waals surface area contributed by atoms with E-state index in [1.165, 1.54) is 0 Å². The van der Waals surface area contributed by atoms with Crippen molar-refractivity contribution in [3.63, 3.8) is 0 Å². The summed E-state index contributed by atoms with van der Waals surface area (Å²) in [7, 11) is 0. The van der Waals surface area contributed by atoms with Crippen LogP contribution in [0.25, 0.3) is 0 Å². The highest BCUT2D eigenvalue weighted by Crippen LogP contribution is 2.27. The lowest BCUT2D eigenvalue weighted by Gasteiger charge is -2.28. The summed E-state index contributed by atoms with van der Waals surface area (Å²) in [5.74, 6) is -1.51. The van der Waals surface area contributed by atoms with E-state index in [9.17, 15) is 18.3 Å². The molecule has 92 valence electrons. The smallest absolute Gasteiger partial charge is 0.378 e. The molecule has 2 nitrogen and oxygen atoms in total. The molecule has 2 N–H and O–H groups in total. The predicted molar refractivity (Wildman–Crippen MR) is 53.3 cm³/mol. The zero-order valence-electron chi connectivity index (χ0n) is 9.60. The first kappa shape index (κ1) is 14.7. The monoisotopic (exact) mass is 227 g/mol. The van der Waals surface area contributed by atoms with Gasteiger partial charge in [0, 0.05) is 6.04 Å². The van der Waals surface area contributed by atoms with Gasteiger partial charge in [0.2, 0.25) is 0 Å². The van der Waals surface area contributed by atoms with Crippen molar-refractivity contribution in [2.24, 2.45) is 11.8 Å². The fourth-order valence-corrected chi connectivity index (χ4v) is 1.11. The Morgan fingerprint density at radius 2 is 1.67 bits per heavy atom. The van der Waals surface area contributed by atoms with Crippen LogP contribution in [0.3, 0.4) is 0 Å². The molecule has 0 bridgehead atoms. The minimum absolute atomic E-state index is 0.130. The lowest BCUT2D eigenvalue weighted by molar-refractivity contribution is -0.199. The van der Waals surface area contributed by atoms with E-state index in [1.54, 1.807) is 6.92 Å². The van der Waals surface area contributed by atoms with Gasteiger partial charge in [0.25, 0.3) is 0 Å². The van der Waals surface area contributed by atoms with Gasteiger partial charge in [-0.25, -0.2) is 0 Å². The van der Waals surface area contributed by atoms with Crippen molar-refractivity contribution in [3.8, 4) is 0 Å². The van der Waals surface area contributed by atoms with Gasteiger partial charge in [0.15, 0.2) is 0 Å². The molecule has 0 fully saturated rings. The molecule has 0 saturated heterocycles. The number of alkyl halides is 3. The van der Waals surface area contributed by atoms with Crippen LogP contribution in [0.1, 0.15) is 34.1 Å². The van der Waals surface area contributed by atoms with Gasteiger partial charge in [-0.15, -0.1) is 0 Å². The van der Waals surface area contributed by atoms with Gasteiger partial charge in [0.1, 0.15) is 6.23 Å². The second-order valence-electron chi connectivity index (χ2n) is 4.12. The summed E-state index contributed by atoms with van der Waals surface area (Å²) in [4.78, 5) is 0. The fourth-order valence-electron chi connectivity index (χ4n) is 1.11. The van der Waals surface area contributed by atoms with Crippen molar-refractivity contribution in [2.45, 2.75) is 52.6 Å². The Bertz CT molecular complexity index is 184. The summed E-state index contributed by atoms with van der Waals surface area (Å²) >= 11 is 0. The molecular formula is C10H20F3NO. The van der Waals surface area contributed by atoms with Crippen LogP contribution in [0.4, 0.5) is 13.2 Å². The highest BCUT2D eigenvalue weighted by molar-refractivity contribution is 4.75. The molecule has 0 radical (unpaired) electrons. The first-order valence-corrected chi connectivity index (χ1v) is 5.21. The van der Waals surface area contributed by atoms with E-state index < -0.39 is 18.3 Å². The number of halogens is 3. The van der Waals surface area contributed by atoms with Gasteiger partial charge in [0.05, 0.1) is 5.92 Å². The quantitative estimate of drug-likeness (QED) is 0.707. The Morgan fingerprint density at radius 1 is 1.20 bits per heavy atom. The molecule has 4 atom stereocenters. The Labute approximate surface area is 88.9 Å². The van der Waals surface area contributed by atoms with E-state index in [-0.39, 0.29) is 12.0 Å². The maximum atomic E-state index is 12.2. The van der Waals surface area contributed by atoms with E-state index in [4.69, 9.17) is 0 Å². The molecular weight excluding hydrogens is 207 g/mol. The second kappa shape index (κ2) is 5.70. The lowest BCUT2D eigenvalue weighted by atomic mass is 9.99. The third-order valence-electron chi connectivity index (χ3n) is 2.92. The first-order valence-electron chi connectivity index (χ1n) is 5.21. The highest BCUT2D eigenvalue weighted by Gasteiger charge is 2.41. The molecule has 0 saturated carbocycles. The average molecular weight is 227 g/mol. The molecule has 0 aliphatic rings. The van der Waals surface area contributed by atoms with E-state index in [2.05, 4.69) is 5.32 Å². The van der Waals surface area contributed by atoms with Crippen LogP contribution in [0.5, 0.6) is 0 Å². The Morgan fingerprint density at radius 3 is 2.00 bits per heavy atom. The molecule has 0 heterocycles. The van der Waals surface area contributed by atoms with E-state index in [1.807, 2.05) is 13.8 Å². The van der Waals surface area contributed by atoms with Gasteiger partial charge in [-0.1, -0.05) is 20.3 Å². The van der Waals surface area contributed by atoms with Crippen LogP contribution in [-0.4, -0.2) is 23.6 Å². The number of rotatable bonds is 5. The van der Waals surface area contributed by atoms with Crippen molar-refractivity contribution in [1.29, 1.82) is 0 Å². The average Bonchev–Trinajstić information content (AvgIpc) is 2.13. The number of hydrogen-bond donors (Lipinski definition) is 2. The lowest BCUT2D eigenvalue weighted by Crippen LogP contribution is -2.47. The van der Waals surface area contributed by atoms with Crippen LogP contribution in [0.15, 0.2) is 0 Å². The van der Waals surface area contributed by atoms with Crippen LogP contribution >= 0.6 is 0 Å². The van der Waals surface area contributed by atoms with E-state index in [0.29, 0.717) is 0 Å². The molecule has 0 aliphatic heterocycles. The molecule has 0 spiro atoms. The normalized spacial score (nSPS) is 20.8. The molecule has 5 heteroatoms. The predicted octanol–water partition coefficient (Wildman–Crippen LogP) is 2.53. The molecule has 2 unspecified atom stereocenters. The minimum Gasteiger partial charge on any atom is -0.378 e. The van der Waals surface area contributed by atoms with Gasteiger partial charge in [-0.05, 0) is 19.8 Å². The van der Waals surface area contributed by atoms with Gasteiger partial charge >= 0.3 is 6.18 Å². The summed E-state index contributed by atoms with van der Waals surface area (Å²) in [5, 5.41) is 11.9. The van der Waals surface area contributed by atoms with E-state index >= 15 is 0 Å². The van der Waals surface area contributed by atoms with Gasteiger partial charge in [-0.3, -0.25) is 5.32 Å². The first-order chi connectivity index (χ1) is 6.70. The summed E-state index contributed by atoms with van der Waals surface area (Å²) in [6.07, 6.45) is -5.03. The number of hydrogen-bond acceptors (Lipinski definition) is 2. The van der Waals surface area contributed by atoms with Gasteiger partial charge < -0.3 is 5.11 Å². The standard InChI is InChI=1S/C10H20F3NO/c1-5-6(2)8(4)14-9(15)7(3)10(11,12)13/h6-9,14-15H,5H2,1-4H3/t6-,7?,8+,9?/m0/s1. The zero-order valence-corrected chi connectivity index (χ0v) is 9.60. The van der Waals surface area contributed by atoms with Crippen molar-refractivity contribution < 1.29 is 18.3 Å². The van der Waals surface area contributed by atoms with Crippen molar-refractivity contribution in [1.82, 2.24) is 5.32 Å². The van der Waals surface area contributed by atoms with Gasteiger partial charge in [-0.2, -0.15) is 13.2 Å². The third-order valence-corrected chi connectivity index (χ3v) is 2.92. The molecule has 0 aromatic carbocycles. The van der Waals surface area contributed by atoms with Crippen molar-refractivity contribution in [3.05, 3.63) is 0 Å². The molecule has 0 amide bonds. The maximum absolute atomic E-state index is 12.2. The fraction of sp³-hybridized carbons (Fsp3) is 1.00. The van der Waals surface area contributed by atoms with Crippen LogP contribution in [-0.2, 0) is 0 Å². The molecule has 0 rings (SSSR count). The SMILES string of the molecule is CC[C@H](C)[C@@H](C)NC(O)C(C)C(F)(F)F. The summed E-state index contributed by atoms with van der Waals surface area (Å²) in [5.41, 5.74) is 0. The molecule has 0 aromatic heterocycles. The van der Waals surface area contributed by atoms with Crippen LogP contribution < -0.4 is 5.32 Å². The third kappa shape index (κ3) is 4.84. The molecule has 15 heavy (non-hydrogen) atoms. The number of aliphatic hydroxyl groups excluding tert-OH is 1. The molecule has 0 aromatic rings.